The molecule has 1 nitrogen and oxygen atoms in total. The normalized spacial score (nSPS) is 9.20. The second-order valence-electron chi connectivity index (χ2n) is 3.65. The van der Waals surface area contributed by atoms with Crippen LogP contribution in [0.15, 0.2) is 29.8 Å². The molecule has 0 heterocycles. The first-order chi connectivity index (χ1) is 7.17. The molecule has 15 heavy (non-hydrogen) atoms. The highest BCUT2D eigenvalue weighted by atomic mass is 16.5. The first kappa shape index (κ1) is 11.4. The summed E-state index contributed by atoms with van der Waals surface area (Å²) in [5, 5.41) is 0. The number of hydrogen-bond acceptors (Lipinski definition) is 1. The second-order valence-corrected chi connectivity index (χ2v) is 3.65. The van der Waals surface area contributed by atoms with Gasteiger partial charge in [-0.15, -0.1) is 6.42 Å². The number of ether oxygens (including phenoxy) is 1. The van der Waals surface area contributed by atoms with E-state index >= 15 is 0 Å². The van der Waals surface area contributed by atoms with E-state index in [1.54, 1.807) is 7.11 Å². The summed E-state index contributed by atoms with van der Waals surface area (Å²) in [6.45, 7) is 4.16. The van der Waals surface area contributed by atoms with Crippen LogP contribution in [0.1, 0.15) is 25.0 Å². The third-order valence-corrected chi connectivity index (χ3v) is 2.20. The molecule has 1 aromatic rings. The molecule has 0 fully saturated rings. The van der Waals surface area contributed by atoms with Crippen LogP contribution in [0.3, 0.4) is 0 Å². The number of methoxy groups -OCH3 is 1. The van der Waals surface area contributed by atoms with Crippen molar-refractivity contribution in [2.75, 3.05) is 7.11 Å². The highest BCUT2D eigenvalue weighted by Crippen LogP contribution is 2.18. The zero-order chi connectivity index (χ0) is 11.3. The van der Waals surface area contributed by atoms with Crippen LogP contribution in [0.25, 0.3) is 0 Å². The third kappa shape index (κ3) is 3.18. The van der Waals surface area contributed by atoms with Gasteiger partial charge in [-0.25, -0.2) is 0 Å². The molecular weight excluding hydrogens is 184 g/mol. The Bertz CT molecular complexity index is 404. The minimum Gasteiger partial charge on any atom is -0.497 e. The molecule has 1 heteroatoms. The molecule has 78 valence electrons. The lowest BCUT2D eigenvalue weighted by atomic mass is 10.0. The lowest BCUT2D eigenvalue weighted by molar-refractivity contribution is 0.414. The SMILES string of the molecule is C#Cc1ccc(OC)cc1CC=C(C)C. The van der Waals surface area contributed by atoms with E-state index in [9.17, 15) is 0 Å². The molecule has 1 aromatic carbocycles. The molecule has 0 aromatic heterocycles. The van der Waals surface area contributed by atoms with E-state index in [2.05, 4.69) is 25.8 Å². The lowest BCUT2D eigenvalue weighted by Gasteiger charge is -2.05. The van der Waals surface area contributed by atoms with Gasteiger partial charge in [-0.2, -0.15) is 0 Å². The molecule has 0 saturated carbocycles. The van der Waals surface area contributed by atoms with Crippen LogP contribution in [-0.2, 0) is 6.42 Å². The molecule has 0 bridgehead atoms. The van der Waals surface area contributed by atoms with E-state index in [-0.39, 0.29) is 0 Å². The number of hydrogen-bond donors (Lipinski definition) is 0. The summed E-state index contributed by atoms with van der Waals surface area (Å²) < 4.78 is 5.17. The Balaban J connectivity index is 3.02. The predicted octanol–water partition coefficient (Wildman–Crippen LogP) is 3.19. The predicted molar refractivity (Wildman–Crippen MR) is 64.1 cm³/mol. The van der Waals surface area contributed by atoms with Gasteiger partial charge >= 0.3 is 0 Å². The Kier molecular flexibility index (Phi) is 4.00. The molecule has 1 rings (SSSR count). The molecule has 0 atom stereocenters. The number of terminal acetylenes is 1. The van der Waals surface area contributed by atoms with Crippen molar-refractivity contribution in [3.8, 4) is 18.1 Å². The molecule has 0 aliphatic rings. The minimum atomic E-state index is 0.853. The van der Waals surface area contributed by atoms with E-state index in [4.69, 9.17) is 11.2 Å². The van der Waals surface area contributed by atoms with Crippen molar-refractivity contribution < 1.29 is 4.74 Å². The highest BCUT2D eigenvalue weighted by molar-refractivity contribution is 5.45. The summed E-state index contributed by atoms with van der Waals surface area (Å²) in [4.78, 5) is 0. The average molecular weight is 200 g/mol. The quantitative estimate of drug-likeness (QED) is 0.538. The maximum Gasteiger partial charge on any atom is 0.119 e. The summed E-state index contributed by atoms with van der Waals surface area (Å²) in [5.74, 6) is 3.54. The van der Waals surface area contributed by atoms with Gasteiger partial charge in [0.1, 0.15) is 5.75 Å². The maximum absolute atomic E-state index is 5.44. The van der Waals surface area contributed by atoms with Crippen molar-refractivity contribution in [1.82, 2.24) is 0 Å². The van der Waals surface area contributed by atoms with Gasteiger partial charge in [0.15, 0.2) is 0 Å². The van der Waals surface area contributed by atoms with Crippen LogP contribution < -0.4 is 4.74 Å². The number of allylic oxidation sites excluding steroid dienone is 2. The van der Waals surface area contributed by atoms with Gasteiger partial charge in [0, 0.05) is 5.56 Å². The lowest BCUT2D eigenvalue weighted by Crippen LogP contribution is -1.91. The largest absolute Gasteiger partial charge is 0.497 e. The fourth-order valence-electron chi connectivity index (χ4n) is 1.32. The van der Waals surface area contributed by atoms with Crippen molar-refractivity contribution >= 4 is 0 Å². The molecule has 0 aliphatic heterocycles. The second kappa shape index (κ2) is 5.26. The smallest absolute Gasteiger partial charge is 0.119 e. The standard InChI is InChI=1S/C14H16O/c1-5-12-8-9-14(15-4)10-13(12)7-6-11(2)3/h1,6,8-10H,7H2,2-4H3. The minimum absolute atomic E-state index is 0.853. The Morgan fingerprint density at radius 2 is 2.20 bits per heavy atom. The Morgan fingerprint density at radius 1 is 1.47 bits per heavy atom. The highest BCUT2D eigenvalue weighted by Gasteiger charge is 2.00. The van der Waals surface area contributed by atoms with Gasteiger partial charge in [0.25, 0.3) is 0 Å². The molecule has 0 N–H and O–H groups in total. The summed E-state index contributed by atoms with van der Waals surface area (Å²) in [5.41, 5.74) is 3.37. The summed E-state index contributed by atoms with van der Waals surface area (Å²) >= 11 is 0. The van der Waals surface area contributed by atoms with Crippen molar-refractivity contribution in [2.24, 2.45) is 0 Å². The zero-order valence-corrected chi connectivity index (χ0v) is 9.50. The molecule has 0 spiro atoms. The van der Waals surface area contributed by atoms with E-state index < -0.39 is 0 Å². The third-order valence-electron chi connectivity index (χ3n) is 2.20. The fraction of sp³-hybridized carbons (Fsp3) is 0.286. The fourth-order valence-corrected chi connectivity index (χ4v) is 1.32. The molecule has 0 saturated heterocycles. The monoisotopic (exact) mass is 200 g/mol. The van der Waals surface area contributed by atoms with E-state index in [1.165, 1.54) is 5.57 Å². The van der Waals surface area contributed by atoms with E-state index in [1.807, 2.05) is 18.2 Å². The van der Waals surface area contributed by atoms with Crippen LogP contribution in [0.5, 0.6) is 5.75 Å². The van der Waals surface area contributed by atoms with Gasteiger partial charge in [-0.3, -0.25) is 0 Å². The number of benzene rings is 1. The molecule has 0 radical (unpaired) electrons. The molecular formula is C14H16O. The maximum atomic E-state index is 5.44. The molecule has 0 amide bonds. The first-order valence-electron chi connectivity index (χ1n) is 4.94. The van der Waals surface area contributed by atoms with Gasteiger partial charge in [0.2, 0.25) is 0 Å². The van der Waals surface area contributed by atoms with Gasteiger partial charge in [-0.1, -0.05) is 17.6 Å². The topological polar surface area (TPSA) is 9.23 Å². The van der Waals surface area contributed by atoms with Crippen LogP contribution in [0.2, 0.25) is 0 Å². The first-order valence-corrected chi connectivity index (χ1v) is 4.94. The van der Waals surface area contributed by atoms with Crippen molar-refractivity contribution in [3.05, 3.63) is 41.0 Å². The van der Waals surface area contributed by atoms with Gasteiger partial charge in [-0.05, 0) is 44.0 Å². The zero-order valence-electron chi connectivity index (χ0n) is 9.50. The van der Waals surface area contributed by atoms with Crippen LogP contribution in [-0.4, -0.2) is 7.11 Å². The van der Waals surface area contributed by atoms with Gasteiger partial charge in [0.05, 0.1) is 7.11 Å². The van der Waals surface area contributed by atoms with E-state index in [0.717, 1.165) is 23.3 Å². The van der Waals surface area contributed by atoms with Crippen molar-refractivity contribution in [2.45, 2.75) is 20.3 Å². The Labute approximate surface area is 91.8 Å². The average Bonchev–Trinajstić information content (AvgIpc) is 2.25. The Morgan fingerprint density at radius 3 is 2.73 bits per heavy atom. The van der Waals surface area contributed by atoms with E-state index in [0.29, 0.717) is 0 Å². The molecule has 0 unspecified atom stereocenters. The number of rotatable bonds is 3. The molecule has 0 aliphatic carbocycles. The summed E-state index contributed by atoms with van der Waals surface area (Å²) in [7, 11) is 1.66. The Hall–Kier alpha value is -1.68. The van der Waals surface area contributed by atoms with Crippen molar-refractivity contribution in [1.29, 1.82) is 0 Å². The van der Waals surface area contributed by atoms with Crippen LogP contribution in [0.4, 0.5) is 0 Å². The van der Waals surface area contributed by atoms with Crippen LogP contribution in [0, 0.1) is 12.3 Å². The van der Waals surface area contributed by atoms with Gasteiger partial charge < -0.3 is 4.74 Å². The summed E-state index contributed by atoms with van der Waals surface area (Å²) in [6.07, 6.45) is 8.46. The summed E-state index contributed by atoms with van der Waals surface area (Å²) in [6, 6.07) is 5.81. The van der Waals surface area contributed by atoms with Crippen molar-refractivity contribution in [3.63, 3.8) is 0 Å². The van der Waals surface area contributed by atoms with Crippen LogP contribution >= 0.6 is 0 Å².